The van der Waals surface area contributed by atoms with Crippen LogP contribution in [0, 0.1) is 0 Å². The third-order valence-corrected chi connectivity index (χ3v) is 2.72. The zero-order valence-electron chi connectivity index (χ0n) is 8.77. The van der Waals surface area contributed by atoms with Gasteiger partial charge in [0.25, 0.3) is 0 Å². The number of imidazole rings is 1. The summed E-state index contributed by atoms with van der Waals surface area (Å²) in [7, 11) is 0. The molecule has 14 heavy (non-hydrogen) atoms. The average Bonchev–Trinajstić information content (AvgIpc) is 2.64. The van der Waals surface area contributed by atoms with Gasteiger partial charge in [-0.15, -0.1) is 0 Å². The first-order valence-corrected chi connectivity index (χ1v) is 5.23. The number of nitrogens with zero attached hydrogens (tertiary/aromatic N) is 2. The van der Waals surface area contributed by atoms with Crippen LogP contribution in [0.5, 0.6) is 0 Å². The first-order valence-electron chi connectivity index (χ1n) is 5.23. The summed E-state index contributed by atoms with van der Waals surface area (Å²) in [4.78, 5) is 4.11. The van der Waals surface area contributed by atoms with E-state index >= 15 is 0 Å². The van der Waals surface area contributed by atoms with E-state index in [1.165, 1.54) is 18.4 Å². The van der Waals surface area contributed by atoms with Crippen LogP contribution in [0.25, 0.3) is 5.52 Å². The van der Waals surface area contributed by atoms with Gasteiger partial charge < -0.3 is 4.40 Å². The molecule has 0 aromatic carbocycles. The molecule has 74 valence electrons. The van der Waals surface area contributed by atoms with E-state index in [1.54, 1.807) is 0 Å². The molecule has 1 unspecified atom stereocenters. The van der Waals surface area contributed by atoms with Crippen molar-refractivity contribution in [2.24, 2.45) is 0 Å². The van der Waals surface area contributed by atoms with Crippen molar-refractivity contribution in [1.82, 2.24) is 9.38 Å². The van der Waals surface area contributed by atoms with Crippen LogP contribution in [0.2, 0.25) is 0 Å². The van der Waals surface area contributed by atoms with Gasteiger partial charge in [-0.1, -0.05) is 26.3 Å². The van der Waals surface area contributed by atoms with E-state index in [1.807, 2.05) is 12.5 Å². The molecular formula is C12H16N2. The molecular weight excluding hydrogens is 172 g/mol. The quantitative estimate of drug-likeness (QED) is 0.722. The maximum atomic E-state index is 4.11. The third kappa shape index (κ3) is 1.65. The van der Waals surface area contributed by atoms with E-state index in [-0.39, 0.29) is 0 Å². The van der Waals surface area contributed by atoms with Crippen molar-refractivity contribution >= 4 is 5.52 Å². The Labute approximate surface area is 84.6 Å². The van der Waals surface area contributed by atoms with Crippen molar-refractivity contribution in [3.8, 4) is 0 Å². The summed E-state index contributed by atoms with van der Waals surface area (Å²) in [6.45, 7) is 4.51. The van der Waals surface area contributed by atoms with E-state index in [4.69, 9.17) is 0 Å². The second-order valence-electron chi connectivity index (χ2n) is 3.88. The van der Waals surface area contributed by atoms with Crippen molar-refractivity contribution in [3.05, 3.63) is 36.4 Å². The summed E-state index contributed by atoms with van der Waals surface area (Å²) in [5.74, 6) is 0.645. The molecule has 0 bridgehead atoms. The molecule has 2 aromatic heterocycles. The number of aromatic nitrogens is 2. The summed E-state index contributed by atoms with van der Waals surface area (Å²) < 4.78 is 2.08. The van der Waals surface area contributed by atoms with Crippen molar-refractivity contribution in [2.75, 3.05) is 0 Å². The molecule has 0 saturated carbocycles. The minimum atomic E-state index is 0.645. The lowest BCUT2D eigenvalue weighted by Crippen LogP contribution is -1.95. The smallest absolute Gasteiger partial charge is 0.0992 e. The zero-order chi connectivity index (χ0) is 9.97. The molecule has 0 N–H and O–H groups in total. The molecule has 1 atom stereocenters. The van der Waals surface area contributed by atoms with Gasteiger partial charge in [0.1, 0.15) is 0 Å². The van der Waals surface area contributed by atoms with Gasteiger partial charge in [0, 0.05) is 6.20 Å². The van der Waals surface area contributed by atoms with Gasteiger partial charge in [0.2, 0.25) is 0 Å². The maximum absolute atomic E-state index is 4.11. The molecule has 0 fully saturated rings. The molecule has 2 heteroatoms. The Balaban J connectivity index is 2.33. The van der Waals surface area contributed by atoms with Gasteiger partial charge in [0.15, 0.2) is 0 Å². The molecule has 0 aliphatic carbocycles. The zero-order valence-corrected chi connectivity index (χ0v) is 8.77. The SMILES string of the molecule is CCCC(C)c1ccc2cncn2c1. The fourth-order valence-electron chi connectivity index (χ4n) is 1.83. The third-order valence-electron chi connectivity index (χ3n) is 2.72. The predicted octanol–water partition coefficient (Wildman–Crippen LogP) is 3.24. The summed E-state index contributed by atoms with van der Waals surface area (Å²) in [6.07, 6.45) is 8.41. The lowest BCUT2D eigenvalue weighted by molar-refractivity contribution is 0.661. The minimum absolute atomic E-state index is 0.645. The monoisotopic (exact) mass is 188 g/mol. The van der Waals surface area contributed by atoms with Crippen LogP contribution in [0.15, 0.2) is 30.9 Å². The standard InChI is InChI=1S/C12H16N2/c1-3-4-10(2)11-5-6-12-7-13-9-14(12)8-11/h5-10H,3-4H2,1-2H3. The summed E-state index contributed by atoms with van der Waals surface area (Å²) in [5.41, 5.74) is 2.56. The van der Waals surface area contributed by atoms with Crippen molar-refractivity contribution in [3.63, 3.8) is 0 Å². The second kappa shape index (κ2) is 3.82. The van der Waals surface area contributed by atoms with Gasteiger partial charge in [-0.3, -0.25) is 0 Å². The van der Waals surface area contributed by atoms with Crippen LogP contribution in [-0.2, 0) is 0 Å². The van der Waals surface area contributed by atoms with E-state index in [2.05, 4.69) is 41.6 Å². The maximum Gasteiger partial charge on any atom is 0.0992 e. The fourth-order valence-corrected chi connectivity index (χ4v) is 1.83. The van der Waals surface area contributed by atoms with Gasteiger partial charge in [-0.05, 0) is 24.0 Å². The normalized spacial score (nSPS) is 13.3. The highest BCUT2D eigenvalue weighted by Crippen LogP contribution is 2.20. The van der Waals surface area contributed by atoms with Crippen LogP contribution in [0.3, 0.4) is 0 Å². The van der Waals surface area contributed by atoms with Crippen LogP contribution < -0.4 is 0 Å². The molecule has 2 aromatic rings. The second-order valence-corrected chi connectivity index (χ2v) is 3.88. The number of rotatable bonds is 3. The molecule has 2 rings (SSSR count). The topological polar surface area (TPSA) is 17.3 Å². The number of fused-ring (bicyclic) bond motifs is 1. The van der Waals surface area contributed by atoms with Gasteiger partial charge in [-0.25, -0.2) is 4.98 Å². The Morgan fingerprint density at radius 2 is 2.29 bits per heavy atom. The summed E-state index contributed by atoms with van der Waals surface area (Å²) in [5, 5.41) is 0. The molecule has 2 heterocycles. The van der Waals surface area contributed by atoms with E-state index in [0.29, 0.717) is 5.92 Å². The highest BCUT2D eigenvalue weighted by Gasteiger charge is 2.04. The predicted molar refractivity (Wildman–Crippen MR) is 58.5 cm³/mol. The molecule has 2 nitrogen and oxygen atoms in total. The molecule has 0 radical (unpaired) electrons. The Bertz CT molecular complexity index is 417. The molecule has 0 aliphatic heterocycles. The van der Waals surface area contributed by atoms with Crippen molar-refractivity contribution in [2.45, 2.75) is 32.6 Å². The fraction of sp³-hybridized carbons (Fsp3) is 0.417. The highest BCUT2D eigenvalue weighted by atomic mass is 15.0. The van der Waals surface area contributed by atoms with Gasteiger partial charge in [-0.2, -0.15) is 0 Å². The lowest BCUT2D eigenvalue weighted by atomic mass is 9.98. The number of pyridine rings is 1. The molecule has 0 aliphatic rings. The first-order chi connectivity index (χ1) is 6.81. The summed E-state index contributed by atoms with van der Waals surface area (Å²) >= 11 is 0. The number of hydrogen-bond acceptors (Lipinski definition) is 1. The Hall–Kier alpha value is -1.31. The minimum Gasteiger partial charge on any atom is -0.306 e. The van der Waals surface area contributed by atoms with Crippen LogP contribution in [-0.4, -0.2) is 9.38 Å². The molecule has 0 amide bonds. The van der Waals surface area contributed by atoms with Gasteiger partial charge in [0.05, 0.1) is 18.0 Å². The van der Waals surface area contributed by atoms with E-state index in [0.717, 1.165) is 5.52 Å². The van der Waals surface area contributed by atoms with Crippen LogP contribution in [0.1, 0.15) is 38.2 Å². The average molecular weight is 188 g/mol. The Morgan fingerprint density at radius 1 is 1.43 bits per heavy atom. The molecule has 0 spiro atoms. The van der Waals surface area contributed by atoms with Crippen LogP contribution >= 0.6 is 0 Å². The van der Waals surface area contributed by atoms with E-state index < -0.39 is 0 Å². The van der Waals surface area contributed by atoms with Crippen molar-refractivity contribution in [1.29, 1.82) is 0 Å². The Morgan fingerprint density at radius 3 is 3.07 bits per heavy atom. The first kappa shape index (κ1) is 9.25. The van der Waals surface area contributed by atoms with E-state index in [9.17, 15) is 0 Å². The largest absolute Gasteiger partial charge is 0.306 e. The molecule has 0 saturated heterocycles. The van der Waals surface area contributed by atoms with Crippen LogP contribution in [0.4, 0.5) is 0 Å². The highest BCUT2D eigenvalue weighted by molar-refractivity contribution is 5.45. The number of hydrogen-bond donors (Lipinski definition) is 0. The summed E-state index contributed by atoms with van der Waals surface area (Å²) in [6, 6.07) is 4.34. The van der Waals surface area contributed by atoms with Gasteiger partial charge >= 0.3 is 0 Å². The lowest BCUT2D eigenvalue weighted by Gasteiger charge is -2.10. The Kier molecular flexibility index (Phi) is 2.53. The van der Waals surface area contributed by atoms with Crippen molar-refractivity contribution < 1.29 is 0 Å².